The summed E-state index contributed by atoms with van der Waals surface area (Å²) in [5.41, 5.74) is 0.211. The van der Waals surface area contributed by atoms with Crippen LogP contribution < -0.4 is 14.9 Å². The molecule has 1 aromatic carbocycles. The first kappa shape index (κ1) is 13.3. The average Bonchev–Trinajstić information content (AvgIpc) is 2.82. The topological polar surface area (TPSA) is 103 Å². The minimum Gasteiger partial charge on any atom is -0.497 e. The second-order valence-corrected chi connectivity index (χ2v) is 3.76. The second-order valence-electron chi connectivity index (χ2n) is 3.76. The van der Waals surface area contributed by atoms with Gasteiger partial charge in [0.05, 0.1) is 14.2 Å². The first-order chi connectivity index (χ1) is 9.10. The van der Waals surface area contributed by atoms with Gasteiger partial charge in [0, 0.05) is 5.46 Å². The Labute approximate surface area is 109 Å². The van der Waals surface area contributed by atoms with E-state index in [1.807, 2.05) is 0 Å². The Morgan fingerprint density at radius 2 is 2.16 bits per heavy atom. The highest BCUT2D eigenvalue weighted by atomic mass is 16.5. The molecular weight excluding hydrogens is 251 g/mol. The van der Waals surface area contributed by atoms with Crippen LogP contribution in [0.25, 0.3) is 0 Å². The molecule has 0 aliphatic rings. The maximum absolute atomic E-state index is 9.30. The molecule has 0 bridgehead atoms. The number of rotatable bonds is 5. The van der Waals surface area contributed by atoms with Crippen molar-refractivity contribution in [2.24, 2.45) is 7.05 Å². The van der Waals surface area contributed by atoms with Crippen LogP contribution in [0.5, 0.6) is 11.5 Å². The lowest BCUT2D eigenvalue weighted by Gasteiger charge is -2.11. The molecule has 2 N–H and O–H groups in total. The molecule has 2 rings (SSSR count). The van der Waals surface area contributed by atoms with Crippen LogP contribution in [-0.2, 0) is 13.7 Å². The molecule has 0 fully saturated rings. The third-order valence-corrected chi connectivity index (χ3v) is 2.40. The summed E-state index contributed by atoms with van der Waals surface area (Å²) < 4.78 is 10.5. The van der Waals surface area contributed by atoms with Crippen LogP contribution in [0.4, 0.5) is 0 Å². The fourth-order valence-corrected chi connectivity index (χ4v) is 1.51. The van der Waals surface area contributed by atoms with E-state index in [-0.39, 0.29) is 12.1 Å². The van der Waals surface area contributed by atoms with E-state index in [0.717, 1.165) is 0 Å². The second kappa shape index (κ2) is 5.68. The summed E-state index contributed by atoms with van der Waals surface area (Å²) in [5, 5.41) is 30.0. The van der Waals surface area contributed by atoms with Crippen molar-refractivity contribution in [3.8, 4) is 11.5 Å². The monoisotopic (exact) mass is 264 g/mol. The van der Waals surface area contributed by atoms with Crippen molar-refractivity contribution in [2.75, 3.05) is 7.11 Å². The molecule has 1 aromatic heterocycles. The molecular formula is C10H13BN4O4. The van der Waals surface area contributed by atoms with Gasteiger partial charge in [-0.3, -0.25) is 0 Å². The lowest BCUT2D eigenvalue weighted by Crippen LogP contribution is -2.31. The number of ether oxygens (including phenoxy) is 2. The molecule has 0 unspecified atom stereocenters. The van der Waals surface area contributed by atoms with Gasteiger partial charge in [0.25, 0.3) is 0 Å². The smallest absolute Gasteiger partial charge is 0.492 e. The van der Waals surface area contributed by atoms with Gasteiger partial charge < -0.3 is 19.5 Å². The van der Waals surface area contributed by atoms with Crippen molar-refractivity contribution in [1.29, 1.82) is 0 Å². The summed E-state index contributed by atoms with van der Waals surface area (Å²) in [4.78, 5) is 1.31. The first-order valence-corrected chi connectivity index (χ1v) is 5.50. The van der Waals surface area contributed by atoms with Gasteiger partial charge in [-0.05, 0) is 23.4 Å². The van der Waals surface area contributed by atoms with E-state index in [2.05, 4.69) is 15.4 Å². The number of methoxy groups -OCH3 is 1. The fraction of sp³-hybridized carbons (Fsp3) is 0.300. The quantitative estimate of drug-likeness (QED) is 0.632. The zero-order valence-corrected chi connectivity index (χ0v) is 10.5. The van der Waals surface area contributed by atoms with E-state index in [9.17, 15) is 10.0 Å². The van der Waals surface area contributed by atoms with E-state index in [4.69, 9.17) is 9.47 Å². The Kier molecular flexibility index (Phi) is 3.98. The van der Waals surface area contributed by atoms with Crippen molar-refractivity contribution in [3.05, 3.63) is 24.0 Å². The van der Waals surface area contributed by atoms with Gasteiger partial charge in [0.1, 0.15) is 11.5 Å². The fourth-order valence-electron chi connectivity index (χ4n) is 1.51. The first-order valence-electron chi connectivity index (χ1n) is 5.50. The van der Waals surface area contributed by atoms with Gasteiger partial charge >= 0.3 is 7.12 Å². The molecule has 0 radical (unpaired) electrons. The van der Waals surface area contributed by atoms with Crippen LogP contribution in [0.1, 0.15) is 5.82 Å². The van der Waals surface area contributed by atoms with E-state index in [1.54, 1.807) is 19.2 Å². The Hall–Kier alpha value is -2.13. The molecule has 19 heavy (non-hydrogen) atoms. The molecule has 0 saturated carbocycles. The van der Waals surface area contributed by atoms with Crippen LogP contribution in [0.3, 0.4) is 0 Å². The van der Waals surface area contributed by atoms with Gasteiger partial charge in [-0.15, -0.1) is 10.2 Å². The normalized spacial score (nSPS) is 10.3. The number of aryl methyl sites for hydroxylation is 1. The number of hydrogen-bond donors (Lipinski definition) is 2. The lowest BCUT2D eigenvalue weighted by molar-refractivity contribution is 0.295. The molecule has 0 spiro atoms. The molecule has 8 nitrogen and oxygen atoms in total. The van der Waals surface area contributed by atoms with Crippen molar-refractivity contribution in [3.63, 3.8) is 0 Å². The summed E-state index contributed by atoms with van der Waals surface area (Å²) in [6, 6.07) is 4.74. The van der Waals surface area contributed by atoms with Crippen LogP contribution in [0, 0.1) is 0 Å². The minimum absolute atomic E-state index is 0.0832. The Morgan fingerprint density at radius 1 is 1.37 bits per heavy atom. The molecule has 9 heteroatoms. The zero-order valence-electron chi connectivity index (χ0n) is 10.5. The number of benzene rings is 1. The van der Waals surface area contributed by atoms with Crippen LogP contribution in [0.15, 0.2) is 18.2 Å². The average molecular weight is 264 g/mol. The molecule has 2 aromatic rings. The zero-order chi connectivity index (χ0) is 13.8. The summed E-state index contributed by atoms with van der Waals surface area (Å²) >= 11 is 0. The van der Waals surface area contributed by atoms with Gasteiger partial charge in [-0.25, -0.2) is 0 Å². The summed E-state index contributed by atoms with van der Waals surface area (Å²) in [7, 11) is 1.49. The summed E-state index contributed by atoms with van der Waals surface area (Å²) in [5.74, 6) is 1.23. The van der Waals surface area contributed by atoms with Gasteiger partial charge in [0.2, 0.25) is 5.82 Å². The van der Waals surface area contributed by atoms with Gasteiger partial charge in [0.15, 0.2) is 6.61 Å². The van der Waals surface area contributed by atoms with Gasteiger partial charge in [-0.2, -0.15) is 4.80 Å². The highest BCUT2D eigenvalue weighted by Gasteiger charge is 2.18. The maximum Gasteiger partial charge on any atom is 0.492 e. The highest BCUT2D eigenvalue weighted by molar-refractivity contribution is 6.59. The van der Waals surface area contributed by atoms with E-state index in [0.29, 0.717) is 17.3 Å². The maximum atomic E-state index is 9.30. The van der Waals surface area contributed by atoms with Gasteiger partial charge in [-0.1, -0.05) is 0 Å². The Morgan fingerprint density at radius 3 is 2.74 bits per heavy atom. The molecule has 0 atom stereocenters. The summed E-state index contributed by atoms with van der Waals surface area (Å²) in [6.45, 7) is 0.0832. The number of aromatic nitrogens is 4. The third-order valence-electron chi connectivity index (χ3n) is 2.40. The predicted octanol–water partition coefficient (Wildman–Crippen LogP) is -1.52. The van der Waals surface area contributed by atoms with Crippen LogP contribution in [0.2, 0.25) is 0 Å². The molecule has 1 heterocycles. The highest BCUT2D eigenvalue weighted by Crippen LogP contribution is 2.16. The van der Waals surface area contributed by atoms with Crippen molar-refractivity contribution < 1.29 is 19.5 Å². The Balaban J connectivity index is 2.15. The number of hydrogen-bond acceptors (Lipinski definition) is 7. The molecule has 100 valence electrons. The van der Waals surface area contributed by atoms with Crippen LogP contribution in [-0.4, -0.2) is 44.5 Å². The minimum atomic E-state index is -1.65. The number of nitrogens with zero attached hydrogens (tertiary/aromatic N) is 4. The standard InChI is InChI=1S/C10H13BN4O4/c1-15-13-10(12-14-15)6-19-9-4-3-7(18-2)5-8(9)11(16)17/h3-5,16-17H,6H2,1-2H3. The van der Waals surface area contributed by atoms with E-state index >= 15 is 0 Å². The molecule has 0 aliphatic carbocycles. The lowest BCUT2D eigenvalue weighted by atomic mass is 9.79. The largest absolute Gasteiger partial charge is 0.497 e. The molecule has 0 saturated heterocycles. The molecule has 0 aliphatic heterocycles. The molecule has 0 amide bonds. The Bertz CT molecular complexity index is 560. The van der Waals surface area contributed by atoms with Crippen molar-refractivity contribution in [2.45, 2.75) is 6.61 Å². The van der Waals surface area contributed by atoms with Crippen molar-refractivity contribution >= 4 is 12.6 Å². The van der Waals surface area contributed by atoms with E-state index < -0.39 is 7.12 Å². The third kappa shape index (κ3) is 3.21. The number of tetrazole rings is 1. The predicted molar refractivity (Wildman–Crippen MR) is 65.9 cm³/mol. The van der Waals surface area contributed by atoms with Crippen molar-refractivity contribution in [1.82, 2.24) is 20.2 Å². The summed E-state index contributed by atoms with van der Waals surface area (Å²) in [6.07, 6.45) is 0. The van der Waals surface area contributed by atoms with Crippen LogP contribution >= 0.6 is 0 Å². The SMILES string of the molecule is COc1ccc(OCc2nnn(C)n2)c(B(O)O)c1. The van der Waals surface area contributed by atoms with E-state index in [1.165, 1.54) is 18.0 Å².